The Balaban J connectivity index is 2.05. The van der Waals surface area contributed by atoms with Crippen LogP contribution in [0.4, 0.5) is 5.69 Å². The van der Waals surface area contributed by atoms with Gasteiger partial charge in [0.05, 0.1) is 24.5 Å². The third-order valence-corrected chi connectivity index (χ3v) is 3.46. The molecule has 0 heterocycles. The lowest BCUT2D eigenvalue weighted by Gasteiger charge is -2.13. The maximum atomic E-state index is 12.2. The molecular weight excluding hydrogens is 350 g/mol. The predicted octanol–water partition coefficient (Wildman–Crippen LogP) is 3.09. The first-order valence-electron chi connectivity index (χ1n) is 8.49. The van der Waals surface area contributed by atoms with Gasteiger partial charge in [0.25, 0.3) is 5.91 Å². The Morgan fingerprint density at radius 3 is 2.48 bits per heavy atom. The number of rotatable bonds is 9. The summed E-state index contributed by atoms with van der Waals surface area (Å²) in [6.07, 6.45) is 0.700. The minimum Gasteiger partial charge on any atom is -0.490 e. The first-order valence-corrected chi connectivity index (χ1v) is 8.49. The summed E-state index contributed by atoms with van der Waals surface area (Å²) in [6, 6.07) is 11.2. The Morgan fingerprint density at radius 1 is 1.00 bits per heavy atom. The number of aldehydes is 1. The van der Waals surface area contributed by atoms with E-state index in [9.17, 15) is 14.4 Å². The van der Waals surface area contributed by atoms with Crippen LogP contribution >= 0.6 is 0 Å². The number of benzene rings is 2. The van der Waals surface area contributed by atoms with Crippen molar-refractivity contribution >= 4 is 23.9 Å². The van der Waals surface area contributed by atoms with Gasteiger partial charge in [-0.05, 0) is 44.2 Å². The molecule has 0 atom stereocenters. The fourth-order valence-electron chi connectivity index (χ4n) is 2.29. The monoisotopic (exact) mass is 371 g/mol. The summed E-state index contributed by atoms with van der Waals surface area (Å²) in [4.78, 5) is 35.1. The van der Waals surface area contributed by atoms with Crippen LogP contribution in [0.5, 0.6) is 11.5 Å². The maximum Gasteiger partial charge on any atom is 0.340 e. The molecule has 27 heavy (non-hydrogen) atoms. The number of hydrogen-bond donors (Lipinski definition) is 1. The largest absolute Gasteiger partial charge is 0.490 e. The molecule has 2 aromatic rings. The smallest absolute Gasteiger partial charge is 0.340 e. The van der Waals surface area contributed by atoms with Crippen LogP contribution in [-0.4, -0.2) is 38.0 Å². The highest BCUT2D eigenvalue weighted by Gasteiger charge is 2.15. The van der Waals surface area contributed by atoms with Crippen LogP contribution in [0, 0.1) is 0 Å². The third kappa shape index (κ3) is 5.57. The van der Waals surface area contributed by atoms with Crippen molar-refractivity contribution in [1.82, 2.24) is 0 Å². The van der Waals surface area contributed by atoms with Crippen molar-refractivity contribution in [3.05, 3.63) is 53.6 Å². The number of para-hydroxylation sites is 1. The maximum absolute atomic E-state index is 12.2. The summed E-state index contributed by atoms with van der Waals surface area (Å²) >= 11 is 0. The molecule has 0 saturated carbocycles. The topological polar surface area (TPSA) is 90.9 Å². The fourth-order valence-corrected chi connectivity index (χ4v) is 2.29. The van der Waals surface area contributed by atoms with Gasteiger partial charge in [0, 0.05) is 5.56 Å². The second-order valence-electron chi connectivity index (χ2n) is 5.36. The standard InChI is InChI=1S/C20H21NO6/c1-3-25-18-11-14(12-22)9-10-17(18)27-13-19(23)21-16-8-6-5-7-15(16)20(24)26-4-2/h5-12H,3-4,13H2,1-2H3,(H,21,23). The van der Waals surface area contributed by atoms with E-state index in [4.69, 9.17) is 14.2 Å². The molecule has 142 valence electrons. The lowest BCUT2D eigenvalue weighted by Crippen LogP contribution is -2.22. The molecule has 0 bridgehead atoms. The molecule has 0 radical (unpaired) electrons. The number of ether oxygens (including phenoxy) is 3. The van der Waals surface area contributed by atoms with Crippen molar-refractivity contribution in [3.8, 4) is 11.5 Å². The first kappa shape index (κ1) is 20.0. The Labute approximate surface area is 157 Å². The van der Waals surface area contributed by atoms with E-state index in [1.165, 1.54) is 0 Å². The number of nitrogens with one attached hydrogen (secondary N) is 1. The molecule has 0 aliphatic rings. The summed E-state index contributed by atoms with van der Waals surface area (Å²) in [5.74, 6) is -0.246. The normalized spacial score (nSPS) is 10.0. The second kappa shape index (κ2) is 9.96. The van der Waals surface area contributed by atoms with Gasteiger partial charge >= 0.3 is 5.97 Å². The van der Waals surface area contributed by atoms with Gasteiger partial charge in [-0.15, -0.1) is 0 Å². The Kier molecular flexibility index (Phi) is 7.37. The quantitative estimate of drug-likeness (QED) is 0.538. The highest BCUT2D eigenvalue weighted by Crippen LogP contribution is 2.28. The van der Waals surface area contributed by atoms with E-state index in [1.54, 1.807) is 56.3 Å². The highest BCUT2D eigenvalue weighted by atomic mass is 16.5. The van der Waals surface area contributed by atoms with Crippen molar-refractivity contribution in [1.29, 1.82) is 0 Å². The van der Waals surface area contributed by atoms with Crippen LogP contribution in [0.15, 0.2) is 42.5 Å². The van der Waals surface area contributed by atoms with E-state index >= 15 is 0 Å². The molecule has 2 rings (SSSR count). The van der Waals surface area contributed by atoms with Crippen LogP contribution in [0.3, 0.4) is 0 Å². The zero-order valence-corrected chi connectivity index (χ0v) is 15.2. The molecule has 0 saturated heterocycles. The Bertz CT molecular complexity index is 818. The molecule has 7 heteroatoms. The fraction of sp³-hybridized carbons (Fsp3) is 0.250. The highest BCUT2D eigenvalue weighted by molar-refractivity contribution is 6.01. The molecular formula is C20H21NO6. The number of amides is 1. The Hall–Kier alpha value is -3.35. The van der Waals surface area contributed by atoms with E-state index in [0.29, 0.717) is 35.6 Å². The van der Waals surface area contributed by atoms with E-state index in [1.807, 2.05) is 0 Å². The first-order chi connectivity index (χ1) is 13.1. The van der Waals surface area contributed by atoms with Crippen LogP contribution in [0.1, 0.15) is 34.6 Å². The summed E-state index contributed by atoms with van der Waals surface area (Å²) in [5.41, 5.74) is 1.04. The summed E-state index contributed by atoms with van der Waals surface area (Å²) in [5, 5.41) is 2.63. The van der Waals surface area contributed by atoms with E-state index in [0.717, 1.165) is 0 Å². The zero-order valence-electron chi connectivity index (χ0n) is 15.2. The van der Waals surface area contributed by atoms with Gasteiger partial charge in [0.15, 0.2) is 18.1 Å². The molecule has 0 aliphatic carbocycles. The van der Waals surface area contributed by atoms with E-state index in [2.05, 4.69) is 5.32 Å². The predicted molar refractivity (Wildman–Crippen MR) is 99.5 cm³/mol. The number of carbonyl (C=O) groups excluding carboxylic acids is 3. The number of esters is 1. The zero-order chi connectivity index (χ0) is 19.6. The molecule has 0 unspecified atom stereocenters. The lowest BCUT2D eigenvalue weighted by molar-refractivity contribution is -0.118. The Morgan fingerprint density at radius 2 is 1.78 bits per heavy atom. The van der Waals surface area contributed by atoms with Crippen LogP contribution in [-0.2, 0) is 9.53 Å². The molecule has 0 aliphatic heterocycles. The van der Waals surface area contributed by atoms with Gasteiger partial charge in [-0.2, -0.15) is 0 Å². The van der Waals surface area contributed by atoms with Gasteiger partial charge in [-0.1, -0.05) is 12.1 Å². The van der Waals surface area contributed by atoms with Crippen molar-refractivity contribution in [2.45, 2.75) is 13.8 Å². The van der Waals surface area contributed by atoms with Gasteiger partial charge in [0.1, 0.15) is 6.29 Å². The number of hydrogen-bond acceptors (Lipinski definition) is 6. The molecule has 1 N–H and O–H groups in total. The summed E-state index contributed by atoms with van der Waals surface area (Å²) < 4.78 is 15.9. The molecule has 0 aromatic heterocycles. The van der Waals surface area contributed by atoms with Crippen molar-refractivity contribution < 1.29 is 28.6 Å². The van der Waals surface area contributed by atoms with Crippen molar-refractivity contribution in [2.24, 2.45) is 0 Å². The van der Waals surface area contributed by atoms with Gasteiger partial charge in [-0.3, -0.25) is 9.59 Å². The molecule has 1 amide bonds. The number of carbonyl (C=O) groups is 3. The van der Waals surface area contributed by atoms with Gasteiger partial charge in [-0.25, -0.2) is 4.79 Å². The third-order valence-electron chi connectivity index (χ3n) is 3.46. The molecule has 0 fully saturated rings. The molecule has 7 nitrogen and oxygen atoms in total. The summed E-state index contributed by atoms with van der Waals surface area (Å²) in [7, 11) is 0. The van der Waals surface area contributed by atoms with E-state index in [-0.39, 0.29) is 18.8 Å². The second-order valence-corrected chi connectivity index (χ2v) is 5.36. The molecule has 2 aromatic carbocycles. The molecule has 0 spiro atoms. The lowest BCUT2D eigenvalue weighted by atomic mass is 10.2. The van der Waals surface area contributed by atoms with Crippen LogP contribution in [0.25, 0.3) is 0 Å². The van der Waals surface area contributed by atoms with Crippen molar-refractivity contribution in [2.75, 3.05) is 25.1 Å². The minimum atomic E-state index is -0.516. The minimum absolute atomic E-state index is 0.237. The average Bonchev–Trinajstić information content (AvgIpc) is 2.67. The summed E-state index contributed by atoms with van der Waals surface area (Å²) in [6.45, 7) is 3.84. The van der Waals surface area contributed by atoms with Crippen LogP contribution < -0.4 is 14.8 Å². The number of anilines is 1. The van der Waals surface area contributed by atoms with Crippen molar-refractivity contribution in [3.63, 3.8) is 0 Å². The van der Waals surface area contributed by atoms with Crippen LogP contribution in [0.2, 0.25) is 0 Å². The average molecular weight is 371 g/mol. The van der Waals surface area contributed by atoms with Gasteiger partial charge in [0.2, 0.25) is 0 Å². The SMILES string of the molecule is CCOC(=O)c1ccccc1NC(=O)COc1ccc(C=O)cc1OCC. The van der Waals surface area contributed by atoms with E-state index < -0.39 is 11.9 Å². The van der Waals surface area contributed by atoms with Gasteiger partial charge < -0.3 is 19.5 Å².